The second kappa shape index (κ2) is 10.4. The number of carbonyl (C=O) groups is 1. The number of aliphatic hydroxyl groups excluding tert-OH is 2. The molecule has 0 saturated carbocycles. The summed E-state index contributed by atoms with van der Waals surface area (Å²) in [6.07, 6.45) is -2.58. The molecule has 0 fully saturated rings. The Balaban J connectivity index is 1.92. The number of aliphatic carboxylic acids is 1. The van der Waals surface area contributed by atoms with Crippen LogP contribution in [0.1, 0.15) is 23.6 Å². The van der Waals surface area contributed by atoms with Gasteiger partial charge in [-0.3, -0.25) is 9.69 Å². The maximum atomic E-state index is 12.5. The van der Waals surface area contributed by atoms with Crippen LogP contribution in [0, 0.1) is 0 Å². The fourth-order valence-electron chi connectivity index (χ4n) is 3.78. The van der Waals surface area contributed by atoms with E-state index in [9.17, 15) is 20.1 Å². The van der Waals surface area contributed by atoms with Crippen LogP contribution < -0.4 is 0 Å². The largest absolute Gasteiger partial charge is 0.480 e. The lowest BCUT2D eigenvalue weighted by Gasteiger charge is -2.42. The molecule has 0 bridgehead atoms. The predicted molar refractivity (Wildman–Crippen MR) is 120 cm³/mol. The Hall–Kier alpha value is -2.99. The van der Waals surface area contributed by atoms with E-state index >= 15 is 0 Å². The van der Waals surface area contributed by atoms with E-state index in [0.717, 1.165) is 16.7 Å². The number of rotatable bonds is 10. The highest BCUT2D eigenvalue weighted by Crippen LogP contribution is 2.28. The molecular formula is C26H29NO4. The Morgan fingerprint density at radius 2 is 1.16 bits per heavy atom. The second-order valence-corrected chi connectivity index (χ2v) is 7.98. The van der Waals surface area contributed by atoms with Crippen LogP contribution in [-0.2, 0) is 24.3 Å². The van der Waals surface area contributed by atoms with Gasteiger partial charge in [0.25, 0.3) is 0 Å². The van der Waals surface area contributed by atoms with E-state index < -0.39 is 23.7 Å². The van der Waals surface area contributed by atoms with Crippen LogP contribution in [0.3, 0.4) is 0 Å². The Morgan fingerprint density at radius 1 is 0.774 bits per heavy atom. The minimum absolute atomic E-state index is 0.162. The van der Waals surface area contributed by atoms with Crippen LogP contribution in [0.15, 0.2) is 91.0 Å². The van der Waals surface area contributed by atoms with Crippen LogP contribution in [0.4, 0.5) is 0 Å². The zero-order valence-electron chi connectivity index (χ0n) is 17.6. The number of carboxylic acid groups (broad SMARTS) is 1. The molecule has 162 valence electrons. The molecule has 0 aliphatic carbocycles. The van der Waals surface area contributed by atoms with Gasteiger partial charge in [0.15, 0.2) is 0 Å². The van der Waals surface area contributed by atoms with Crippen molar-refractivity contribution in [3.8, 4) is 0 Å². The molecule has 3 aromatic rings. The van der Waals surface area contributed by atoms with Crippen LogP contribution in [-0.4, -0.2) is 43.9 Å². The first-order valence-corrected chi connectivity index (χ1v) is 10.4. The smallest absolute Gasteiger partial charge is 0.326 e. The van der Waals surface area contributed by atoms with E-state index in [0.29, 0.717) is 13.1 Å². The molecule has 3 aromatic carbocycles. The van der Waals surface area contributed by atoms with Crippen molar-refractivity contribution in [2.75, 3.05) is 0 Å². The van der Waals surface area contributed by atoms with E-state index in [-0.39, 0.29) is 6.42 Å². The van der Waals surface area contributed by atoms with Gasteiger partial charge >= 0.3 is 5.97 Å². The Kier molecular flexibility index (Phi) is 7.58. The lowest BCUT2D eigenvalue weighted by molar-refractivity contribution is -0.168. The number of carboxylic acids is 1. The molecule has 3 atom stereocenters. The Bertz CT molecular complexity index is 907. The van der Waals surface area contributed by atoms with Crippen molar-refractivity contribution in [3.63, 3.8) is 0 Å². The van der Waals surface area contributed by atoms with Gasteiger partial charge in [0.05, 0.1) is 6.10 Å². The molecule has 0 saturated heterocycles. The van der Waals surface area contributed by atoms with Gasteiger partial charge in [-0.2, -0.15) is 0 Å². The molecule has 0 amide bonds. The van der Waals surface area contributed by atoms with Gasteiger partial charge in [0, 0.05) is 19.5 Å². The first-order chi connectivity index (χ1) is 14.9. The van der Waals surface area contributed by atoms with Crippen molar-refractivity contribution in [3.05, 3.63) is 108 Å². The zero-order chi connectivity index (χ0) is 22.3. The summed E-state index contributed by atoms with van der Waals surface area (Å²) in [5.74, 6) is -1.18. The minimum atomic E-state index is -1.71. The highest BCUT2D eigenvalue weighted by atomic mass is 16.4. The molecular weight excluding hydrogens is 390 g/mol. The minimum Gasteiger partial charge on any atom is -0.480 e. The van der Waals surface area contributed by atoms with Gasteiger partial charge in [0.2, 0.25) is 0 Å². The summed E-state index contributed by atoms with van der Waals surface area (Å²) in [5, 5.41) is 32.2. The van der Waals surface area contributed by atoms with Crippen LogP contribution in [0.2, 0.25) is 0 Å². The zero-order valence-corrected chi connectivity index (χ0v) is 17.6. The number of nitrogens with zero attached hydrogens (tertiary/aromatic N) is 1. The first-order valence-electron chi connectivity index (χ1n) is 10.4. The summed E-state index contributed by atoms with van der Waals surface area (Å²) in [6, 6.07) is 28.4. The maximum Gasteiger partial charge on any atom is 0.326 e. The standard InChI is InChI=1S/C26H29NO4/c1-26(25(30)31,24(29)23(28)17-20-11-5-2-6-12-20)27(18-21-13-7-3-8-14-21)19-22-15-9-4-10-16-22/h2-16,23-24,28-29H,17-19H2,1H3,(H,30,31)/t23-,24+,26?/m1/s1. The molecule has 3 rings (SSSR count). The van der Waals surface area contributed by atoms with Crippen molar-refractivity contribution >= 4 is 5.97 Å². The van der Waals surface area contributed by atoms with Crippen LogP contribution in [0.5, 0.6) is 0 Å². The third-order valence-corrected chi connectivity index (χ3v) is 5.75. The average Bonchev–Trinajstić information content (AvgIpc) is 2.79. The highest BCUT2D eigenvalue weighted by Gasteiger charge is 2.49. The van der Waals surface area contributed by atoms with E-state index in [2.05, 4.69) is 0 Å². The molecule has 0 aromatic heterocycles. The van der Waals surface area contributed by atoms with Gasteiger partial charge in [-0.1, -0.05) is 91.0 Å². The normalized spacial score (nSPS) is 15.2. The average molecular weight is 420 g/mol. The number of hydrogen-bond donors (Lipinski definition) is 3. The lowest BCUT2D eigenvalue weighted by atomic mass is 9.85. The van der Waals surface area contributed by atoms with Gasteiger partial charge in [-0.05, 0) is 23.6 Å². The van der Waals surface area contributed by atoms with Crippen molar-refractivity contribution < 1.29 is 20.1 Å². The predicted octanol–water partition coefficient (Wildman–Crippen LogP) is 3.50. The van der Waals surface area contributed by atoms with Crippen LogP contribution in [0.25, 0.3) is 0 Å². The molecule has 0 heterocycles. The summed E-state index contributed by atoms with van der Waals surface area (Å²) in [7, 11) is 0. The van der Waals surface area contributed by atoms with Gasteiger partial charge in [-0.15, -0.1) is 0 Å². The van der Waals surface area contributed by atoms with E-state index in [1.165, 1.54) is 6.92 Å². The topological polar surface area (TPSA) is 81.0 Å². The fraction of sp³-hybridized carbons (Fsp3) is 0.269. The molecule has 0 aliphatic heterocycles. The van der Waals surface area contributed by atoms with Crippen molar-refractivity contribution in [1.29, 1.82) is 0 Å². The first kappa shape index (κ1) is 22.7. The number of aliphatic hydroxyl groups is 2. The van der Waals surface area contributed by atoms with Crippen molar-refractivity contribution in [1.82, 2.24) is 4.90 Å². The fourth-order valence-corrected chi connectivity index (χ4v) is 3.78. The molecule has 3 N–H and O–H groups in total. The Labute approximate surface area is 183 Å². The maximum absolute atomic E-state index is 12.5. The number of benzene rings is 3. The van der Waals surface area contributed by atoms with Crippen LogP contribution >= 0.6 is 0 Å². The summed E-state index contributed by atoms with van der Waals surface area (Å²) >= 11 is 0. The monoisotopic (exact) mass is 419 g/mol. The molecule has 31 heavy (non-hydrogen) atoms. The Morgan fingerprint density at radius 3 is 1.55 bits per heavy atom. The van der Waals surface area contributed by atoms with Gasteiger partial charge in [0.1, 0.15) is 11.6 Å². The summed E-state index contributed by atoms with van der Waals surface area (Å²) in [4.78, 5) is 14.2. The quantitative estimate of drug-likeness (QED) is 0.469. The molecule has 0 aliphatic rings. The third kappa shape index (κ3) is 5.58. The van der Waals surface area contributed by atoms with Gasteiger partial charge in [-0.25, -0.2) is 0 Å². The van der Waals surface area contributed by atoms with Gasteiger partial charge < -0.3 is 15.3 Å². The molecule has 0 spiro atoms. The lowest BCUT2D eigenvalue weighted by Crippen LogP contribution is -2.63. The summed E-state index contributed by atoms with van der Waals surface area (Å²) < 4.78 is 0. The molecule has 0 radical (unpaired) electrons. The number of hydrogen-bond acceptors (Lipinski definition) is 4. The van der Waals surface area contributed by atoms with Crippen molar-refractivity contribution in [2.24, 2.45) is 0 Å². The van der Waals surface area contributed by atoms with E-state index in [1.54, 1.807) is 4.90 Å². The summed E-state index contributed by atoms with van der Waals surface area (Å²) in [6.45, 7) is 2.11. The van der Waals surface area contributed by atoms with Crippen molar-refractivity contribution in [2.45, 2.75) is 44.2 Å². The molecule has 1 unspecified atom stereocenters. The molecule has 5 nitrogen and oxygen atoms in total. The molecule has 5 heteroatoms. The SMILES string of the molecule is CC(C(=O)O)([C@@H](O)[C@H](O)Cc1ccccc1)N(Cc1ccccc1)Cc1ccccc1. The third-order valence-electron chi connectivity index (χ3n) is 5.75. The van der Waals surface area contributed by atoms with E-state index in [4.69, 9.17) is 0 Å². The summed E-state index contributed by atoms with van der Waals surface area (Å²) in [5.41, 5.74) is 0.977. The van der Waals surface area contributed by atoms with E-state index in [1.807, 2.05) is 91.0 Å². The highest BCUT2D eigenvalue weighted by molar-refractivity contribution is 5.79. The second-order valence-electron chi connectivity index (χ2n) is 7.98.